The standard InChI is InChI=1S/C6H8ClN2S/c1-4(2)3-5-6(7)8-9-10-5/h3H2,1-2H3. The molecule has 0 amide bonds. The van der Waals surface area contributed by atoms with Crippen LogP contribution in [0.25, 0.3) is 0 Å². The third-order valence-corrected chi connectivity index (χ3v) is 2.16. The van der Waals surface area contributed by atoms with Crippen LogP contribution in [0.4, 0.5) is 0 Å². The van der Waals surface area contributed by atoms with E-state index in [0.717, 1.165) is 11.3 Å². The third-order valence-electron chi connectivity index (χ3n) is 1.02. The number of hydrogen-bond acceptors (Lipinski definition) is 3. The summed E-state index contributed by atoms with van der Waals surface area (Å²) in [5, 5.41) is 4.24. The Hall–Kier alpha value is -0.150. The Morgan fingerprint density at radius 1 is 1.60 bits per heavy atom. The summed E-state index contributed by atoms with van der Waals surface area (Å²) in [7, 11) is 0. The molecule has 0 bridgehead atoms. The summed E-state index contributed by atoms with van der Waals surface area (Å²) in [5.74, 6) is 1.33. The summed E-state index contributed by atoms with van der Waals surface area (Å²) in [6.07, 6.45) is 0.899. The highest BCUT2D eigenvalue weighted by Crippen LogP contribution is 2.20. The SMILES string of the molecule is C[C](C)Cc1snnc1Cl. The maximum Gasteiger partial charge on any atom is 0.167 e. The highest BCUT2D eigenvalue weighted by atomic mass is 35.5. The fourth-order valence-electron chi connectivity index (χ4n) is 0.625. The molecule has 10 heavy (non-hydrogen) atoms. The molecule has 55 valence electrons. The molecule has 0 aliphatic heterocycles. The van der Waals surface area contributed by atoms with Gasteiger partial charge in [-0.15, -0.1) is 5.10 Å². The molecule has 1 radical (unpaired) electrons. The minimum atomic E-state index is 0.547. The zero-order valence-electron chi connectivity index (χ0n) is 5.89. The van der Waals surface area contributed by atoms with E-state index in [1.54, 1.807) is 0 Å². The fourth-order valence-corrected chi connectivity index (χ4v) is 1.57. The second-order valence-corrected chi connectivity index (χ2v) is 3.57. The molecule has 0 unspecified atom stereocenters. The van der Waals surface area contributed by atoms with Gasteiger partial charge in [0.15, 0.2) is 5.15 Å². The van der Waals surface area contributed by atoms with Crippen LogP contribution >= 0.6 is 23.1 Å². The number of aromatic nitrogens is 2. The van der Waals surface area contributed by atoms with Crippen LogP contribution in [-0.2, 0) is 6.42 Å². The van der Waals surface area contributed by atoms with Gasteiger partial charge in [0.25, 0.3) is 0 Å². The zero-order chi connectivity index (χ0) is 7.56. The van der Waals surface area contributed by atoms with Crippen LogP contribution in [0, 0.1) is 5.92 Å². The monoisotopic (exact) mass is 175 g/mol. The second-order valence-electron chi connectivity index (χ2n) is 2.37. The van der Waals surface area contributed by atoms with E-state index in [4.69, 9.17) is 11.6 Å². The largest absolute Gasteiger partial charge is 0.167 e. The van der Waals surface area contributed by atoms with E-state index < -0.39 is 0 Å². The van der Waals surface area contributed by atoms with Gasteiger partial charge in [0.1, 0.15) is 0 Å². The van der Waals surface area contributed by atoms with Crippen molar-refractivity contribution in [1.29, 1.82) is 0 Å². The van der Waals surface area contributed by atoms with Gasteiger partial charge in [0.2, 0.25) is 0 Å². The first-order chi connectivity index (χ1) is 4.70. The molecule has 1 aromatic heterocycles. The lowest BCUT2D eigenvalue weighted by molar-refractivity contribution is 0.969. The van der Waals surface area contributed by atoms with Crippen molar-refractivity contribution in [3.8, 4) is 0 Å². The Labute approximate surface area is 69.4 Å². The molecule has 0 aliphatic carbocycles. The smallest absolute Gasteiger partial charge is 0.126 e. The topological polar surface area (TPSA) is 25.8 Å². The summed E-state index contributed by atoms with van der Waals surface area (Å²) in [4.78, 5) is 1.06. The number of rotatable bonds is 2. The lowest BCUT2D eigenvalue weighted by Crippen LogP contribution is -1.88. The highest BCUT2D eigenvalue weighted by Gasteiger charge is 2.06. The van der Waals surface area contributed by atoms with E-state index in [1.165, 1.54) is 17.5 Å². The first-order valence-corrected chi connectivity index (χ1v) is 4.11. The van der Waals surface area contributed by atoms with E-state index in [2.05, 4.69) is 23.4 Å². The lowest BCUT2D eigenvalue weighted by Gasteiger charge is -1.97. The van der Waals surface area contributed by atoms with Crippen molar-refractivity contribution in [3.05, 3.63) is 15.9 Å². The van der Waals surface area contributed by atoms with Gasteiger partial charge >= 0.3 is 0 Å². The minimum absolute atomic E-state index is 0.547. The summed E-state index contributed by atoms with van der Waals surface area (Å²) in [6.45, 7) is 4.13. The van der Waals surface area contributed by atoms with Crippen molar-refractivity contribution in [1.82, 2.24) is 9.59 Å². The van der Waals surface area contributed by atoms with Gasteiger partial charge in [0.05, 0.1) is 4.88 Å². The van der Waals surface area contributed by atoms with Gasteiger partial charge in [-0.1, -0.05) is 29.9 Å². The zero-order valence-corrected chi connectivity index (χ0v) is 7.46. The maximum absolute atomic E-state index is 5.71. The Morgan fingerprint density at radius 3 is 2.70 bits per heavy atom. The molecular weight excluding hydrogens is 168 g/mol. The minimum Gasteiger partial charge on any atom is -0.126 e. The molecule has 0 fully saturated rings. The molecule has 0 spiro atoms. The molecule has 0 aromatic carbocycles. The number of hydrogen-bond donors (Lipinski definition) is 0. The van der Waals surface area contributed by atoms with E-state index in [1.807, 2.05) is 0 Å². The Bertz CT molecular complexity index is 209. The Balaban J connectivity index is 2.65. The van der Waals surface area contributed by atoms with Gasteiger partial charge in [0, 0.05) is 0 Å². The average molecular weight is 176 g/mol. The van der Waals surface area contributed by atoms with E-state index in [9.17, 15) is 0 Å². The Morgan fingerprint density at radius 2 is 2.30 bits per heavy atom. The summed E-state index contributed by atoms with van der Waals surface area (Å²) >= 11 is 7.07. The van der Waals surface area contributed by atoms with Crippen LogP contribution in [0.2, 0.25) is 5.15 Å². The average Bonchev–Trinajstić information content (AvgIpc) is 2.15. The maximum atomic E-state index is 5.71. The predicted molar refractivity (Wildman–Crippen MR) is 43.2 cm³/mol. The molecule has 2 nitrogen and oxygen atoms in total. The molecule has 4 heteroatoms. The van der Waals surface area contributed by atoms with E-state index >= 15 is 0 Å². The van der Waals surface area contributed by atoms with Gasteiger partial charge in [-0.3, -0.25) is 0 Å². The van der Waals surface area contributed by atoms with Crippen LogP contribution in [-0.4, -0.2) is 9.59 Å². The normalized spacial score (nSPS) is 10.8. The predicted octanol–water partition coefficient (Wildman–Crippen LogP) is 2.35. The van der Waals surface area contributed by atoms with Crippen molar-refractivity contribution in [3.63, 3.8) is 0 Å². The van der Waals surface area contributed by atoms with Crippen molar-refractivity contribution >= 4 is 23.1 Å². The summed E-state index contributed by atoms with van der Waals surface area (Å²) in [5.41, 5.74) is 0. The van der Waals surface area contributed by atoms with Crippen molar-refractivity contribution in [2.75, 3.05) is 0 Å². The summed E-state index contributed by atoms with van der Waals surface area (Å²) in [6, 6.07) is 0. The fraction of sp³-hybridized carbons (Fsp3) is 0.500. The van der Waals surface area contributed by atoms with E-state index in [0.29, 0.717) is 5.15 Å². The molecule has 1 rings (SSSR count). The molecule has 0 saturated heterocycles. The highest BCUT2D eigenvalue weighted by molar-refractivity contribution is 7.06. The van der Waals surface area contributed by atoms with Crippen LogP contribution in [0.3, 0.4) is 0 Å². The molecule has 0 atom stereocenters. The molecule has 0 aliphatic rings. The van der Waals surface area contributed by atoms with Crippen LogP contribution in [0.5, 0.6) is 0 Å². The van der Waals surface area contributed by atoms with Crippen LogP contribution in [0.1, 0.15) is 18.7 Å². The molecule has 1 heterocycles. The number of halogens is 1. The first kappa shape index (κ1) is 7.95. The van der Waals surface area contributed by atoms with Gasteiger partial charge in [-0.2, -0.15) is 0 Å². The molecule has 1 aromatic rings. The number of nitrogens with zero attached hydrogens (tertiary/aromatic N) is 2. The lowest BCUT2D eigenvalue weighted by atomic mass is 10.1. The van der Waals surface area contributed by atoms with Gasteiger partial charge in [-0.05, 0) is 23.9 Å². The molecule has 0 saturated carbocycles. The summed E-state index contributed by atoms with van der Waals surface area (Å²) < 4.78 is 3.72. The quantitative estimate of drug-likeness (QED) is 0.690. The molecule has 0 N–H and O–H groups in total. The van der Waals surface area contributed by atoms with Crippen LogP contribution < -0.4 is 0 Å². The van der Waals surface area contributed by atoms with Crippen LogP contribution in [0.15, 0.2) is 0 Å². The Kier molecular flexibility index (Phi) is 2.63. The van der Waals surface area contributed by atoms with Crippen molar-refractivity contribution < 1.29 is 0 Å². The third kappa shape index (κ3) is 1.92. The second kappa shape index (κ2) is 3.30. The molecular formula is C6H8ClN2S. The van der Waals surface area contributed by atoms with E-state index in [-0.39, 0.29) is 0 Å². The van der Waals surface area contributed by atoms with Gasteiger partial charge < -0.3 is 0 Å². The first-order valence-electron chi connectivity index (χ1n) is 2.96. The van der Waals surface area contributed by atoms with Gasteiger partial charge in [-0.25, -0.2) is 0 Å². The van der Waals surface area contributed by atoms with Crippen molar-refractivity contribution in [2.45, 2.75) is 20.3 Å². The van der Waals surface area contributed by atoms with Crippen molar-refractivity contribution in [2.24, 2.45) is 0 Å².